The van der Waals surface area contributed by atoms with Crippen molar-refractivity contribution in [3.8, 4) is 0 Å². The van der Waals surface area contributed by atoms with Crippen molar-refractivity contribution in [3.63, 3.8) is 0 Å². The van der Waals surface area contributed by atoms with Gasteiger partial charge < -0.3 is 0 Å². The van der Waals surface area contributed by atoms with Gasteiger partial charge in [-0.25, -0.2) is 0 Å². The quantitative estimate of drug-likeness (QED) is 0.236. The fourth-order valence-electron chi connectivity index (χ4n) is 3.18. The molecule has 178 valence electrons. The summed E-state index contributed by atoms with van der Waals surface area (Å²) < 4.78 is 117. The molecule has 0 aliphatic heterocycles. The molecule has 0 aliphatic carbocycles. The summed E-state index contributed by atoms with van der Waals surface area (Å²) >= 11 is 13.8. The van der Waals surface area contributed by atoms with Crippen LogP contribution in [0.25, 0.3) is 0 Å². The Morgan fingerprint density at radius 1 is 0.394 bits per heavy atom. The van der Waals surface area contributed by atoms with Crippen LogP contribution in [0.5, 0.6) is 0 Å². The summed E-state index contributed by atoms with van der Waals surface area (Å²) in [7, 11) is 0. The van der Waals surface area contributed by atoms with Crippen LogP contribution in [-0.4, -0.2) is 0 Å². The zero-order valence-corrected chi connectivity index (χ0v) is 18.4. The average Bonchev–Trinajstić information content (AvgIpc) is 2.72. The second-order valence-electron chi connectivity index (χ2n) is 7.04. The molecule has 0 saturated carbocycles. The average molecular weight is 537 g/mol. The van der Waals surface area contributed by atoms with Crippen LogP contribution in [0.15, 0.2) is 72.8 Å². The summed E-state index contributed by atoms with van der Waals surface area (Å²) in [5.74, 6) is 0. The fraction of sp³-hybridized carbons (Fsp3) is 0.143. The van der Waals surface area contributed by atoms with E-state index in [1.807, 2.05) is 0 Å². The summed E-state index contributed by atoms with van der Waals surface area (Å²) in [6.07, 6.45) is -14.1. The van der Waals surface area contributed by atoms with Crippen molar-refractivity contribution < 1.29 is 39.5 Å². The Morgan fingerprint density at radius 3 is 0.727 bits per heavy atom. The predicted octanol–water partition coefficient (Wildman–Crippen LogP) is 7.88. The standard InChI is InChI=1S/C21H12Cl2F9P/c22-33(23,16-7-1-13(2-8-16)19(24,25)26,17-9-3-14(4-10-17)20(27,28)29)18-11-5-15(6-12-18)21(30,31)32/h1-12H. The summed E-state index contributed by atoms with van der Waals surface area (Å²) in [6.45, 7) is 0. The predicted molar refractivity (Wildman–Crippen MR) is 112 cm³/mol. The van der Waals surface area contributed by atoms with Crippen LogP contribution in [0.4, 0.5) is 39.5 Å². The van der Waals surface area contributed by atoms with E-state index >= 15 is 0 Å². The molecular weight excluding hydrogens is 525 g/mol. The molecule has 0 N–H and O–H groups in total. The summed E-state index contributed by atoms with van der Waals surface area (Å²) in [5, 5.41) is -5.05. The van der Waals surface area contributed by atoms with Crippen LogP contribution < -0.4 is 15.9 Å². The zero-order chi connectivity index (χ0) is 24.9. The molecule has 3 aromatic carbocycles. The summed E-state index contributed by atoms with van der Waals surface area (Å²) in [6, 6.07) is 9.95. The van der Waals surface area contributed by atoms with Gasteiger partial charge in [-0.2, -0.15) is 0 Å². The van der Waals surface area contributed by atoms with Gasteiger partial charge in [-0.3, -0.25) is 0 Å². The van der Waals surface area contributed by atoms with E-state index in [4.69, 9.17) is 22.5 Å². The maximum absolute atomic E-state index is 13.0. The van der Waals surface area contributed by atoms with E-state index in [0.29, 0.717) is 36.4 Å². The van der Waals surface area contributed by atoms with Crippen LogP contribution in [0.3, 0.4) is 0 Å². The minimum absolute atomic E-state index is 0.0862. The van der Waals surface area contributed by atoms with Crippen molar-refractivity contribution in [2.45, 2.75) is 18.5 Å². The molecule has 33 heavy (non-hydrogen) atoms. The van der Waals surface area contributed by atoms with E-state index in [1.54, 1.807) is 0 Å². The third kappa shape index (κ3) is 4.81. The van der Waals surface area contributed by atoms with Crippen molar-refractivity contribution >= 4 is 43.7 Å². The first-order valence-electron chi connectivity index (χ1n) is 8.92. The van der Waals surface area contributed by atoms with Crippen molar-refractivity contribution in [1.29, 1.82) is 0 Å². The van der Waals surface area contributed by atoms with E-state index in [2.05, 4.69) is 0 Å². The Kier molecular flexibility index (Phi) is 6.27. The molecular formula is C21H12Cl2F9P. The monoisotopic (exact) mass is 536 g/mol. The zero-order valence-electron chi connectivity index (χ0n) is 16.0. The van der Waals surface area contributed by atoms with Crippen molar-refractivity contribution in [1.82, 2.24) is 0 Å². The Labute approximate surface area is 191 Å². The molecule has 3 rings (SSSR count). The van der Waals surface area contributed by atoms with Crippen molar-refractivity contribution in [2.75, 3.05) is 0 Å². The van der Waals surface area contributed by atoms with Gasteiger partial charge >= 0.3 is 191 Å². The molecule has 0 saturated heterocycles. The van der Waals surface area contributed by atoms with Crippen LogP contribution in [-0.2, 0) is 18.5 Å². The number of benzene rings is 3. The van der Waals surface area contributed by atoms with Crippen LogP contribution in [0.1, 0.15) is 16.7 Å². The molecule has 0 nitrogen and oxygen atoms in total. The van der Waals surface area contributed by atoms with Crippen LogP contribution in [0, 0.1) is 0 Å². The molecule has 0 spiro atoms. The third-order valence-corrected chi connectivity index (χ3v) is 12.1. The second-order valence-corrected chi connectivity index (χ2v) is 15.0. The van der Waals surface area contributed by atoms with E-state index in [-0.39, 0.29) is 15.9 Å². The van der Waals surface area contributed by atoms with Gasteiger partial charge in [-0.15, -0.1) is 0 Å². The molecule has 0 bridgehead atoms. The van der Waals surface area contributed by atoms with Crippen LogP contribution in [0.2, 0.25) is 0 Å². The molecule has 12 heteroatoms. The molecule has 0 fully saturated rings. The minimum atomic E-state index is -4.79. The molecule has 0 aromatic heterocycles. The molecule has 0 unspecified atom stereocenters. The Balaban J connectivity index is 2.26. The Morgan fingerprint density at radius 2 is 0.576 bits per heavy atom. The van der Waals surface area contributed by atoms with Gasteiger partial charge in [0.1, 0.15) is 0 Å². The maximum atomic E-state index is 13.0. The first-order chi connectivity index (χ1) is 14.9. The molecule has 0 heterocycles. The van der Waals surface area contributed by atoms with Crippen LogP contribution >= 0.6 is 27.8 Å². The van der Waals surface area contributed by atoms with Gasteiger partial charge in [-0.1, -0.05) is 0 Å². The Bertz CT molecular complexity index is 983. The first-order valence-corrected chi connectivity index (χ1v) is 13.0. The first kappa shape index (κ1) is 25.7. The SMILES string of the molecule is FC(F)(F)c1ccc(P(Cl)(Cl)(c2ccc(C(F)(F)F)cc2)c2ccc(C(F)(F)F)cc2)cc1. The van der Waals surface area contributed by atoms with E-state index < -0.39 is 40.5 Å². The number of rotatable bonds is 3. The number of hydrogen-bond donors (Lipinski definition) is 0. The number of hydrogen-bond acceptors (Lipinski definition) is 0. The van der Waals surface area contributed by atoms with Gasteiger partial charge in [0.15, 0.2) is 0 Å². The van der Waals surface area contributed by atoms with Crippen molar-refractivity contribution in [3.05, 3.63) is 89.5 Å². The summed E-state index contributed by atoms with van der Waals surface area (Å²) in [4.78, 5) is 0. The Hall–Kier alpha value is -1.96. The topological polar surface area (TPSA) is 0 Å². The molecule has 0 radical (unpaired) electrons. The van der Waals surface area contributed by atoms with Gasteiger partial charge in [0, 0.05) is 0 Å². The molecule has 0 atom stereocenters. The van der Waals surface area contributed by atoms with E-state index in [0.717, 1.165) is 36.4 Å². The van der Waals surface area contributed by atoms with Gasteiger partial charge in [0.2, 0.25) is 0 Å². The fourth-order valence-corrected chi connectivity index (χ4v) is 8.12. The van der Waals surface area contributed by atoms with Gasteiger partial charge in [0.05, 0.1) is 0 Å². The molecule has 0 amide bonds. The van der Waals surface area contributed by atoms with Gasteiger partial charge in [0.25, 0.3) is 0 Å². The van der Waals surface area contributed by atoms with Gasteiger partial charge in [-0.05, 0) is 0 Å². The molecule has 0 aliphatic rings. The number of alkyl halides is 9. The number of halogens is 11. The molecule has 3 aromatic rings. The van der Waals surface area contributed by atoms with E-state index in [9.17, 15) is 39.5 Å². The van der Waals surface area contributed by atoms with E-state index in [1.165, 1.54) is 0 Å². The summed E-state index contributed by atoms with van der Waals surface area (Å²) in [5.41, 5.74) is -3.09. The second kappa shape index (κ2) is 8.07. The van der Waals surface area contributed by atoms with Crippen molar-refractivity contribution in [2.24, 2.45) is 0 Å². The third-order valence-electron chi connectivity index (χ3n) is 4.94. The normalized spacial score (nSPS) is 14.6.